The second kappa shape index (κ2) is 10.7. The van der Waals surface area contributed by atoms with E-state index in [0.717, 1.165) is 13.0 Å². The molecule has 0 aliphatic carbocycles. The van der Waals surface area contributed by atoms with Crippen LogP contribution in [0.15, 0.2) is 0 Å². The zero-order valence-electron chi connectivity index (χ0n) is 15.3. The highest BCUT2D eigenvalue weighted by atomic mass is 35.5. The molecule has 146 valence electrons. The molecular formula is C15H27ClN8O2. The molecule has 2 heterocycles. The van der Waals surface area contributed by atoms with E-state index in [2.05, 4.69) is 42.8 Å². The molecule has 10 nitrogen and oxygen atoms in total. The first-order valence-electron chi connectivity index (χ1n) is 8.34. The van der Waals surface area contributed by atoms with E-state index in [0.29, 0.717) is 47.7 Å². The zero-order valence-corrected chi connectivity index (χ0v) is 16.1. The Balaban J connectivity index is 0.00000338. The summed E-state index contributed by atoms with van der Waals surface area (Å²) < 4.78 is 0. The van der Waals surface area contributed by atoms with E-state index in [-0.39, 0.29) is 25.6 Å². The fourth-order valence-corrected chi connectivity index (χ4v) is 2.36. The lowest BCUT2D eigenvalue weighted by molar-refractivity contribution is 0.280. The molecular weight excluding hydrogens is 360 g/mol. The van der Waals surface area contributed by atoms with E-state index in [1.165, 1.54) is 0 Å². The number of anilines is 4. The van der Waals surface area contributed by atoms with E-state index in [1.54, 1.807) is 19.0 Å². The van der Waals surface area contributed by atoms with Gasteiger partial charge in [-0.25, -0.2) is 9.97 Å². The van der Waals surface area contributed by atoms with Crippen LogP contribution < -0.4 is 20.9 Å². The third-order valence-corrected chi connectivity index (χ3v) is 3.56. The standard InChI is InChI=1S/C15H26N8O2.ClH/c1-4-5-18-14-19-10-11(12(16-2)21-14)20-15(22-13(10)17-3)23(6-8-24)7-9-25;/h24-25H,4-9H2,1-3H3,(H,17,20,22)(H2,16,18,19,21);1H. The average molecular weight is 387 g/mol. The van der Waals surface area contributed by atoms with Gasteiger partial charge < -0.3 is 31.1 Å². The van der Waals surface area contributed by atoms with Gasteiger partial charge in [0.2, 0.25) is 11.9 Å². The number of aromatic nitrogens is 4. The van der Waals surface area contributed by atoms with Gasteiger partial charge in [-0.05, 0) is 6.42 Å². The van der Waals surface area contributed by atoms with Crippen LogP contribution in [0.4, 0.5) is 23.5 Å². The Morgan fingerprint density at radius 3 is 2.00 bits per heavy atom. The molecule has 0 unspecified atom stereocenters. The van der Waals surface area contributed by atoms with Gasteiger partial charge >= 0.3 is 0 Å². The van der Waals surface area contributed by atoms with Crippen molar-refractivity contribution in [3.05, 3.63) is 0 Å². The van der Waals surface area contributed by atoms with Crippen molar-refractivity contribution in [1.29, 1.82) is 0 Å². The SMILES string of the molecule is CCCNc1nc(NC)c2nc(N(CCO)CCO)nc(NC)c2n1.Cl. The van der Waals surface area contributed by atoms with Gasteiger partial charge in [-0.2, -0.15) is 9.97 Å². The third-order valence-electron chi connectivity index (χ3n) is 3.56. The van der Waals surface area contributed by atoms with Crippen molar-refractivity contribution >= 4 is 47.0 Å². The van der Waals surface area contributed by atoms with Crippen molar-refractivity contribution < 1.29 is 10.2 Å². The van der Waals surface area contributed by atoms with E-state index in [9.17, 15) is 10.2 Å². The number of halogens is 1. The molecule has 0 amide bonds. The zero-order chi connectivity index (χ0) is 18.2. The monoisotopic (exact) mass is 386 g/mol. The molecule has 2 aromatic heterocycles. The van der Waals surface area contributed by atoms with Gasteiger partial charge in [0.15, 0.2) is 11.6 Å². The van der Waals surface area contributed by atoms with Gasteiger partial charge in [-0.15, -0.1) is 12.4 Å². The third kappa shape index (κ3) is 4.93. The quantitative estimate of drug-likeness (QED) is 0.394. The maximum Gasteiger partial charge on any atom is 0.228 e. The molecule has 0 atom stereocenters. The maximum absolute atomic E-state index is 9.24. The van der Waals surface area contributed by atoms with Crippen LogP contribution in [-0.2, 0) is 0 Å². The summed E-state index contributed by atoms with van der Waals surface area (Å²) >= 11 is 0. The molecule has 2 rings (SSSR count). The Hall–Kier alpha value is -2.17. The number of nitrogens with zero attached hydrogens (tertiary/aromatic N) is 5. The summed E-state index contributed by atoms with van der Waals surface area (Å²) in [6.07, 6.45) is 0.960. The van der Waals surface area contributed by atoms with Gasteiger partial charge in [0.1, 0.15) is 11.0 Å². The minimum atomic E-state index is -0.0639. The van der Waals surface area contributed by atoms with Crippen LogP contribution in [0.3, 0.4) is 0 Å². The molecule has 0 spiro atoms. The molecule has 11 heteroatoms. The van der Waals surface area contributed by atoms with Crippen LogP contribution in [0, 0.1) is 0 Å². The van der Waals surface area contributed by atoms with Crippen molar-refractivity contribution in [1.82, 2.24) is 19.9 Å². The van der Waals surface area contributed by atoms with Gasteiger partial charge in [0.25, 0.3) is 0 Å². The van der Waals surface area contributed by atoms with Crippen LogP contribution in [0.5, 0.6) is 0 Å². The fraction of sp³-hybridized carbons (Fsp3) is 0.600. The molecule has 0 bridgehead atoms. The molecule has 5 N–H and O–H groups in total. The summed E-state index contributed by atoms with van der Waals surface area (Å²) in [4.78, 5) is 19.7. The molecule has 0 fully saturated rings. The van der Waals surface area contributed by atoms with Crippen LogP contribution >= 0.6 is 12.4 Å². The van der Waals surface area contributed by atoms with Gasteiger partial charge in [-0.3, -0.25) is 0 Å². The van der Waals surface area contributed by atoms with Gasteiger partial charge in [0.05, 0.1) is 13.2 Å². The van der Waals surface area contributed by atoms with Gasteiger partial charge in [-0.1, -0.05) is 6.92 Å². The lowest BCUT2D eigenvalue weighted by atomic mass is 10.3. The minimum Gasteiger partial charge on any atom is -0.395 e. The summed E-state index contributed by atoms with van der Waals surface area (Å²) in [5.74, 6) is 2.04. The molecule has 0 aliphatic rings. The number of fused-ring (bicyclic) bond motifs is 1. The molecule has 0 saturated carbocycles. The number of rotatable bonds is 10. The second-order valence-electron chi connectivity index (χ2n) is 5.33. The van der Waals surface area contributed by atoms with Crippen molar-refractivity contribution in [2.45, 2.75) is 13.3 Å². The lowest BCUT2D eigenvalue weighted by Crippen LogP contribution is -2.31. The first kappa shape index (κ1) is 21.9. The van der Waals surface area contributed by atoms with Crippen molar-refractivity contribution in [2.75, 3.05) is 67.8 Å². The first-order chi connectivity index (χ1) is 12.2. The van der Waals surface area contributed by atoms with Crippen molar-refractivity contribution in [3.8, 4) is 0 Å². The summed E-state index contributed by atoms with van der Waals surface area (Å²) in [5, 5.41) is 27.7. The van der Waals surface area contributed by atoms with E-state index < -0.39 is 0 Å². The summed E-state index contributed by atoms with van der Waals surface area (Å²) in [6.45, 7) is 3.35. The highest BCUT2D eigenvalue weighted by molar-refractivity contribution is 5.94. The molecule has 0 aromatic carbocycles. The highest BCUT2D eigenvalue weighted by Gasteiger charge is 2.17. The van der Waals surface area contributed by atoms with Gasteiger partial charge in [0, 0.05) is 33.7 Å². The topological polar surface area (TPSA) is 131 Å². The smallest absolute Gasteiger partial charge is 0.228 e. The molecule has 0 radical (unpaired) electrons. The lowest BCUT2D eigenvalue weighted by Gasteiger charge is -2.22. The minimum absolute atomic E-state index is 0. The molecule has 0 saturated heterocycles. The Bertz CT molecular complexity index is 697. The summed E-state index contributed by atoms with van der Waals surface area (Å²) in [6, 6.07) is 0. The summed E-state index contributed by atoms with van der Waals surface area (Å²) in [7, 11) is 3.53. The Morgan fingerprint density at radius 1 is 0.885 bits per heavy atom. The van der Waals surface area contributed by atoms with Crippen LogP contribution in [0.1, 0.15) is 13.3 Å². The normalized spacial score (nSPS) is 10.3. The number of aliphatic hydroxyl groups excluding tert-OH is 2. The second-order valence-corrected chi connectivity index (χ2v) is 5.33. The Kier molecular flexibility index (Phi) is 9.03. The van der Waals surface area contributed by atoms with Crippen LogP contribution in [-0.4, -0.2) is 77.1 Å². The predicted octanol–water partition coefficient (Wildman–Crippen LogP) is 0.538. The first-order valence-corrected chi connectivity index (χ1v) is 8.34. The largest absolute Gasteiger partial charge is 0.395 e. The average Bonchev–Trinajstić information content (AvgIpc) is 2.64. The number of hydrogen-bond acceptors (Lipinski definition) is 10. The number of aliphatic hydroxyl groups is 2. The Labute approximate surface area is 158 Å². The summed E-state index contributed by atoms with van der Waals surface area (Å²) in [5.41, 5.74) is 1.16. The van der Waals surface area contributed by atoms with E-state index in [1.807, 2.05) is 0 Å². The highest BCUT2D eigenvalue weighted by Crippen LogP contribution is 2.27. The van der Waals surface area contributed by atoms with E-state index >= 15 is 0 Å². The maximum atomic E-state index is 9.24. The number of hydrogen-bond donors (Lipinski definition) is 5. The molecule has 26 heavy (non-hydrogen) atoms. The molecule has 0 aliphatic heterocycles. The van der Waals surface area contributed by atoms with Crippen LogP contribution in [0.2, 0.25) is 0 Å². The van der Waals surface area contributed by atoms with Crippen molar-refractivity contribution in [3.63, 3.8) is 0 Å². The van der Waals surface area contributed by atoms with Crippen molar-refractivity contribution in [2.24, 2.45) is 0 Å². The number of nitrogens with one attached hydrogen (secondary N) is 3. The fourth-order valence-electron chi connectivity index (χ4n) is 2.36. The molecule has 2 aromatic rings. The van der Waals surface area contributed by atoms with E-state index in [4.69, 9.17) is 0 Å². The Morgan fingerprint density at radius 2 is 1.46 bits per heavy atom. The predicted molar refractivity (Wildman–Crippen MR) is 107 cm³/mol. The van der Waals surface area contributed by atoms with Crippen LogP contribution in [0.25, 0.3) is 11.0 Å².